The third kappa shape index (κ3) is 3.13. The van der Waals surface area contributed by atoms with Crippen molar-refractivity contribution < 1.29 is 4.79 Å². The summed E-state index contributed by atoms with van der Waals surface area (Å²) in [5.41, 5.74) is 3.73. The van der Waals surface area contributed by atoms with Crippen molar-refractivity contribution in [1.82, 2.24) is 0 Å². The van der Waals surface area contributed by atoms with E-state index in [1.807, 2.05) is 0 Å². The van der Waals surface area contributed by atoms with Crippen LogP contribution in [0, 0.1) is 0 Å². The lowest BCUT2D eigenvalue weighted by Gasteiger charge is -2.14. The summed E-state index contributed by atoms with van der Waals surface area (Å²) in [6.07, 6.45) is 10.1. The minimum atomic E-state index is 0.981. The van der Waals surface area contributed by atoms with E-state index in [-0.39, 0.29) is 0 Å². The molecule has 1 rings (SSSR count). The van der Waals surface area contributed by atoms with Crippen LogP contribution >= 0.6 is 0 Å². The van der Waals surface area contributed by atoms with E-state index in [0.29, 0.717) is 0 Å². The van der Waals surface area contributed by atoms with Gasteiger partial charge in [0.25, 0.3) is 0 Å². The molecule has 0 saturated heterocycles. The Hall–Kier alpha value is -0.850. The summed E-state index contributed by atoms with van der Waals surface area (Å²) < 4.78 is 0. The normalized spacial score (nSPS) is 18.6. The largest absolute Gasteiger partial charge is 0.298 e. The molecule has 0 bridgehead atoms. The standard InChI is InChI=1S/C13H20O/c1-3-6-11(2)9-12-7-4-5-8-13(12)10-14/h9-10H,3-8H2,1-2H3/b11-9+. The summed E-state index contributed by atoms with van der Waals surface area (Å²) in [6, 6.07) is 0. The highest BCUT2D eigenvalue weighted by Crippen LogP contribution is 2.25. The Bertz CT molecular complexity index is 258. The molecular formula is C13H20O. The van der Waals surface area contributed by atoms with Gasteiger partial charge in [-0.25, -0.2) is 0 Å². The summed E-state index contributed by atoms with van der Waals surface area (Å²) in [5, 5.41) is 0. The molecule has 1 nitrogen and oxygen atoms in total. The summed E-state index contributed by atoms with van der Waals surface area (Å²) in [5.74, 6) is 0. The molecule has 0 unspecified atom stereocenters. The maximum absolute atomic E-state index is 10.8. The zero-order chi connectivity index (χ0) is 10.4. The maximum atomic E-state index is 10.8. The van der Waals surface area contributed by atoms with E-state index in [0.717, 1.165) is 31.1 Å². The van der Waals surface area contributed by atoms with Crippen LogP contribution in [0.15, 0.2) is 22.8 Å². The molecule has 0 amide bonds. The highest BCUT2D eigenvalue weighted by atomic mass is 16.1. The molecule has 0 atom stereocenters. The van der Waals surface area contributed by atoms with Crippen LogP contribution in [0.2, 0.25) is 0 Å². The summed E-state index contributed by atoms with van der Waals surface area (Å²) in [4.78, 5) is 10.8. The van der Waals surface area contributed by atoms with Crippen molar-refractivity contribution in [3.8, 4) is 0 Å². The van der Waals surface area contributed by atoms with Gasteiger partial charge in [0.05, 0.1) is 0 Å². The van der Waals surface area contributed by atoms with Crippen molar-refractivity contribution in [1.29, 1.82) is 0 Å². The highest BCUT2D eigenvalue weighted by molar-refractivity contribution is 5.76. The molecule has 0 radical (unpaired) electrons. The lowest BCUT2D eigenvalue weighted by atomic mass is 9.91. The fourth-order valence-corrected chi connectivity index (χ4v) is 2.02. The predicted molar refractivity (Wildman–Crippen MR) is 60.2 cm³/mol. The maximum Gasteiger partial charge on any atom is 0.146 e. The van der Waals surface area contributed by atoms with Gasteiger partial charge in [0.15, 0.2) is 0 Å². The van der Waals surface area contributed by atoms with Crippen molar-refractivity contribution in [3.05, 3.63) is 22.8 Å². The number of carbonyl (C=O) groups excluding carboxylic acids is 1. The Morgan fingerprint density at radius 2 is 1.93 bits per heavy atom. The molecule has 0 aromatic carbocycles. The Balaban J connectivity index is 2.77. The molecule has 0 N–H and O–H groups in total. The number of aldehydes is 1. The molecule has 78 valence electrons. The van der Waals surface area contributed by atoms with Gasteiger partial charge in [-0.3, -0.25) is 4.79 Å². The van der Waals surface area contributed by atoms with Gasteiger partial charge >= 0.3 is 0 Å². The van der Waals surface area contributed by atoms with Gasteiger partial charge in [-0.05, 0) is 50.2 Å². The second-order valence-electron chi connectivity index (χ2n) is 4.12. The first-order valence-electron chi connectivity index (χ1n) is 5.62. The van der Waals surface area contributed by atoms with Gasteiger partial charge in [0.1, 0.15) is 6.29 Å². The van der Waals surface area contributed by atoms with Crippen LogP contribution in [0.1, 0.15) is 52.4 Å². The van der Waals surface area contributed by atoms with Gasteiger partial charge in [0.2, 0.25) is 0 Å². The predicted octanol–water partition coefficient (Wildman–Crippen LogP) is 3.80. The molecule has 0 spiro atoms. The second kappa shape index (κ2) is 5.79. The fraction of sp³-hybridized carbons (Fsp3) is 0.615. The van der Waals surface area contributed by atoms with Gasteiger partial charge in [-0.1, -0.05) is 25.0 Å². The minimum absolute atomic E-state index is 0.981. The lowest BCUT2D eigenvalue weighted by molar-refractivity contribution is -0.105. The minimum Gasteiger partial charge on any atom is -0.298 e. The lowest BCUT2D eigenvalue weighted by Crippen LogP contribution is -1.99. The number of rotatable bonds is 4. The first kappa shape index (κ1) is 11.2. The van der Waals surface area contributed by atoms with E-state index < -0.39 is 0 Å². The van der Waals surface area contributed by atoms with E-state index in [4.69, 9.17) is 0 Å². The van der Waals surface area contributed by atoms with Crippen molar-refractivity contribution in [3.63, 3.8) is 0 Å². The monoisotopic (exact) mass is 192 g/mol. The number of hydrogen-bond donors (Lipinski definition) is 0. The Morgan fingerprint density at radius 1 is 1.29 bits per heavy atom. The van der Waals surface area contributed by atoms with E-state index in [2.05, 4.69) is 19.9 Å². The van der Waals surface area contributed by atoms with Gasteiger partial charge in [-0.2, -0.15) is 0 Å². The third-order valence-corrected chi connectivity index (χ3v) is 2.76. The topological polar surface area (TPSA) is 17.1 Å². The fourth-order valence-electron chi connectivity index (χ4n) is 2.02. The first-order valence-corrected chi connectivity index (χ1v) is 5.62. The van der Waals surface area contributed by atoms with E-state index >= 15 is 0 Å². The molecule has 0 saturated carbocycles. The van der Waals surface area contributed by atoms with Crippen molar-refractivity contribution >= 4 is 6.29 Å². The van der Waals surface area contributed by atoms with Crippen LogP contribution in [0.3, 0.4) is 0 Å². The van der Waals surface area contributed by atoms with Crippen molar-refractivity contribution in [2.75, 3.05) is 0 Å². The van der Waals surface area contributed by atoms with Gasteiger partial charge in [0, 0.05) is 0 Å². The quantitative estimate of drug-likeness (QED) is 0.619. The molecule has 1 aliphatic rings. The van der Waals surface area contributed by atoms with Crippen LogP contribution < -0.4 is 0 Å². The SMILES string of the molecule is CCC/C(C)=C/C1=C(C=O)CCCC1. The Labute approximate surface area is 86.9 Å². The number of allylic oxidation sites excluding steroid dienone is 4. The van der Waals surface area contributed by atoms with Gasteiger partial charge < -0.3 is 0 Å². The molecule has 0 aromatic rings. The molecule has 1 heteroatoms. The van der Waals surface area contributed by atoms with Crippen molar-refractivity contribution in [2.24, 2.45) is 0 Å². The van der Waals surface area contributed by atoms with Gasteiger partial charge in [-0.15, -0.1) is 0 Å². The summed E-state index contributed by atoms with van der Waals surface area (Å²) in [7, 11) is 0. The Morgan fingerprint density at radius 3 is 2.50 bits per heavy atom. The van der Waals surface area contributed by atoms with Crippen LogP contribution in [0.25, 0.3) is 0 Å². The van der Waals surface area contributed by atoms with E-state index in [1.165, 1.54) is 30.4 Å². The summed E-state index contributed by atoms with van der Waals surface area (Å²) >= 11 is 0. The van der Waals surface area contributed by atoms with Crippen molar-refractivity contribution in [2.45, 2.75) is 52.4 Å². The van der Waals surface area contributed by atoms with Crippen LogP contribution in [-0.2, 0) is 4.79 Å². The average Bonchev–Trinajstić information content (AvgIpc) is 2.19. The molecule has 0 aliphatic heterocycles. The number of carbonyl (C=O) groups is 1. The smallest absolute Gasteiger partial charge is 0.146 e. The molecule has 0 heterocycles. The van der Waals surface area contributed by atoms with Crippen LogP contribution in [-0.4, -0.2) is 6.29 Å². The molecule has 1 aliphatic carbocycles. The van der Waals surface area contributed by atoms with Crippen LogP contribution in [0.5, 0.6) is 0 Å². The molecule has 0 fully saturated rings. The zero-order valence-corrected chi connectivity index (χ0v) is 9.31. The van der Waals surface area contributed by atoms with E-state index in [9.17, 15) is 4.79 Å². The van der Waals surface area contributed by atoms with E-state index in [1.54, 1.807) is 0 Å². The second-order valence-corrected chi connectivity index (χ2v) is 4.12. The van der Waals surface area contributed by atoms with Crippen LogP contribution in [0.4, 0.5) is 0 Å². The molecule has 14 heavy (non-hydrogen) atoms. The molecule has 0 aromatic heterocycles. The third-order valence-electron chi connectivity index (χ3n) is 2.76. The highest BCUT2D eigenvalue weighted by Gasteiger charge is 2.09. The summed E-state index contributed by atoms with van der Waals surface area (Å²) in [6.45, 7) is 4.35. The Kier molecular flexibility index (Phi) is 4.64. The first-order chi connectivity index (χ1) is 6.77. The number of hydrogen-bond acceptors (Lipinski definition) is 1. The molecular weight excluding hydrogens is 172 g/mol. The average molecular weight is 192 g/mol. The zero-order valence-electron chi connectivity index (χ0n) is 9.31.